The molecule has 0 bridgehead atoms. The molecule has 0 saturated carbocycles. The summed E-state index contributed by atoms with van der Waals surface area (Å²) in [5.74, 6) is -0.850. The Kier molecular flexibility index (Phi) is 5.57. The molecule has 5 nitrogen and oxygen atoms in total. The summed E-state index contributed by atoms with van der Waals surface area (Å²) < 4.78 is 0. The van der Waals surface area contributed by atoms with Gasteiger partial charge in [-0.3, -0.25) is 19.5 Å². The average molecular weight is 438 g/mol. The van der Waals surface area contributed by atoms with Crippen molar-refractivity contribution >= 4 is 46.3 Å². The van der Waals surface area contributed by atoms with E-state index in [1.807, 2.05) is 37.3 Å². The first kappa shape index (κ1) is 20.1. The number of hydrogen-bond acceptors (Lipinski definition) is 4. The molecule has 2 heterocycles. The summed E-state index contributed by atoms with van der Waals surface area (Å²) >= 11 is 12.4. The summed E-state index contributed by atoms with van der Waals surface area (Å²) in [7, 11) is 0. The highest BCUT2D eigenvalue weighted by Gasteiger charge is 2.40. The van der Waals surface area contributed by atoms with Gasteiger partial charge in [0.2, 0.25) is 0 Å². The number of imide groups is 1. The molecule has 30 heavy (non-hydrogen) atoms. The van der Waals surface area contributed by atoms with Crippen molar-refractivity contribution in [2.75, 3.05) is 5.32 Å². The maximum Gasteiger partial charge on any atom is 0.278 e. The van der Waals surface area contributed by atoms with E-state index in [1.165, 1.54) is 4.90 Å². The van der Waals surface area contributed by atoms with E-state index in [0.29, 0.717) is 15.6 Å². The van der Waals surface area contributed by atoms with Crippen molar-refractivity contribution in [2.45, 2.75) is 13.5 Å². The maximum absolute atomic E-state index is 13.3. The number of hydrogen-bond donors (Lipinski definition) is 1. The lowest BCUT2D eigenvalue weighted by Crippen LogP contribution is -2.32. The standard InChI is InChI=1S/C23H17Cl2N3O2/c1-14-5-2-3-7-19(14)27-21-20(17-9-8-16(24)11-18(17)25)22(29)28(23(21)30)13-15-6-4-10-26-12-15/h2-12,27H,13H2,1H3. The highest BCUT2D eigenvalue weighted by Crippen LogP contribution is 2.36. The van der Waals surface area contributed by atoms with Crippen LogP contribution >= 0.6 is 23.2 Å². The Morgan fingerprint density at radius 1 is 1.00 bits per heavy atom. The molecular weight excluding hydrogens is 421 g/mol. The normalized spacial score (nSPS) is 13.9. The van der Waals surface area contributed by atoms with Crippen LogP contribution in [0.5, 0.6) is 0 Å². The minimum Gasteiger partial charge on any atom is -0.350 e. The number of aryl methyl sites for hydroxylation is 1. The first-order chi connectivity index (χ1) is 14.5. The molecule has 4 rings (SSSR count). The summed E-state index contributed by atoms with van der Waals surface area (Å²) in [6.45, 7) is 2.03. The van der Waals surface area contributed by atoms with Crippen LogP contribution in [-0.4, -0.2) is 21.7 Å². The third-order valence-electron chi connectivity index (χ3n) is 4.84. The number of amides is 2. The van der Waals surface area contributed by atoms with Crippen molar-refractivity contribution in [1.82, 2.24) is 9.88 Å². The highest BCUT2D eigenvalue weighted by molar-refractivity contribution is 6.41. The number of carbonyl (C=O) groups is 2. The first-order valence-electron chi connectivity index (χ1n) is 9.23. The fourth-order valence-electron chi connectivity index (χ4n) is 3.30. The molecule has 1 aliphatic heterocycles. The summed E-state index contributed by atoms with van der Waals surface area (Å²) in [6, 6.07) is 16.0. The van der Waals surface area contributed by atoms with Crippen LogP contribution < -0.4 is 5.32 Å². The zero-order valence-corrected chi connectivity index (χ0v) is 17.5. The molecule has 0 fully saturated rings. The molecular formula is C23H17Cl2N3O2. The number of pyridine rings is 1. The predicted molar refractivity (Wildman–Crippen MR) is 118 cm³/mol. The molecule has 0 radical (unpaired) electrons. The molecule has 1 N–H and O–H groups in total. The number of carbonyl (C=O) groups excluding carboxylic acids is 2. The van der Waals surface area contributed by atoms with E-state index >= 15 is 0 Å². The van der Waals surface area contributed by atoms with Gasteiger partial charge in [-0.15, -0.1) is 0 Å². The Labute approximate surface area is 183 Å². The Morgan fingerprint density at radius 3 is 2.50 bits per heavy atom. The van der Waals surface area contributed by atoms with Gasteiger partial charge in [0.25, 0.3) is 11.8 Å². The molecule has 0 atom stereocenters. The van der Waals surface area contributed by atoms with Crippen LogP contribution in [0.25, 0.3) is 5.57 Å². The lowest BCUT2D eigenvalue weighted by atomic mass is 10.0. The van der Waals surface area contributed by atoms with Crippen molar-refractivity contribution in [3.8, 4) is 0 Å². The highest BCUT2D eigenvalue weighted by atomic mass is 35.5. The molecule has 0 spiro atoms. The van der Waals surface area contributed by atoms with Gasteiger partial charge in [0, 0.05) is 28.7 Å². The topological polar surface area (TPSA) is 62.3 Å². The second-order valence-corrected chi connectivity index (χ2v) is 7.72. The number of aromatic nitrogens is 1. The number of nitrogens with zero attached hydrogens (tertiary/aromatic N) is 2. The quantitative estimate of drug-likeness (QED) is 0.564. The number of para-hydroxylation sites is 1. The Balaban J connectivity index is 1.80. The second-order valence-electron chi connectivity index (χ2n) is 6.87. The SMILES string of the molecule is Cc1ccccc1NC1=C(c2ccc(Cl)cc2Cl)C(=O)N(Cc2cccnc2)C1=O. The van der Waals surface area contributed by atoms with E-state index in [1.54, 1.807) is 36.7 Å². The van der Waals surface area contributed by atoms with E-state index in [4.69, 9.17) is 23.2 Å². The largest absolute Gasteiger partial charge is 0.350 e. The Bertz CT molecular complexity index is 1180. The summed E-state index contributed by atoms with van der Waals surface area (Å²) in [4.78, 5) is 31.9. The molecule has 150 valence electrons. The third-order valence-corrected chi connectivity index (χ3v) is 5.38. The van der Waals surface area contributed by atoms with Crippen LogP contribution in [0.2, 0.25) is 10.0 Å². The lowest BCUT2D eigenvalue weighted by molar-refractivity contribution is -0.137. The average Bonchev–Trinajstić information content (AvgIpc) is 2.95. The van der Waals surface area contributed by atoms with Gasteiger partial charge >= 0.3 is 0 Å². The predicted octanol–water partition coefficient (Wildman–Crippen LogP) is 5.09. The lowest BCUT2D eigenvalue weighted by Gasteiger charge is -2.15. The van der Waals surface area contributed by atoms with Gasteiger partial charge < -0.3 is 5.32 Å². The van der Waals surface area contributed by atoms with Gasteiger partial charge in [-0.25, -0.2) is 0 Å². The minimum absolute atomic E-state index is 0.110. The van der Waals surface area contributed by atoms with Crippen LogP contribution in [0, 0.1) is 6.92 Å². The number of halogens is 2. The number of benzene rings is 2. The zero-order chi connectivity index (χ0) is 21.3. The molecule has 0 aliphatic carbocycles. The fraction of sp³-hybridized carbons (Fsp3) is 0.0870. The van der Waals surface area contributed by atoms with Crippen LogP contribution in [0.1, 0.15) is 16.7 Å². The van der Waals surface area contributed by atoms with E-state index in [-0.39, 0.29) is 17.8 Å². The Hall–Kier alpha value is -3.15. The van der Waals surface area contributed by atoms with Gasteiger partial charge in [0.15, 0.2) is 0 Å². The van der Waals surface area contributed by atoms with Crippen molar-refractivity contribution < 1.29 is 9.59 Å². The van der Waals surface area contributed by atoms with Crippen LogP contribution in [0.4, 0.5) is 5.69 Å². The molecule has 7 heteroatoms. The monoisotopic (exact) mass is 437 g/mol. The Morgan fingerprint density at radius 2 is 1.80 bits per heavy atom. The molecule has 1 aromatic heterocycles. The van der Waals surface area contributed by atoms with Crippen molar-refractivity contribution in [2.24, 2.45) is 0 Å². The van der Waals surface area contributed by atoms with E-state index in [0.717, 1.165) is 16.8 Å². The maximum atomic E-state index is 13.3. The van der Waals surface area contributed by atoms with Crippen LogP contribution in [0.3, 0.4) is 0 Å². The molecule has 3 aromatic rings. The van der Waals surface area contributed by atoms with Crippen molar-refractivity contribution in [3.05, 3.63) is 99.4 Å². The smallest absolute Gasteiger partial charge is 0.278 e. The van der Waals surface area contributed by atoms with Crippen molar-refractivity contribution in [1.29, 1.82) is 0 Å². The van der Waals surface area contributed by atoms with Gasteiger partial charge in [0.05, 0.1) is 17.1 Å². The third kappa shape index (κ3) is 3.82. The first-order valence-corrected chi connectivity index (χ1v) is 9.98. The van der Waals surface area contributed by atoms with Crippen molar-refractivity contribution in [3.63, 3.8) is 0 Å². The van der Waals surface area contributed by atoms with E-state index < -0.39 is 11.8 Å². The van der Waals surface area contributed by atoms with Gasteiger partial charge in [0.1, 0.15) is 5.70 Å². The fourth-order valence-corrected chi connectivity index (χ4v) is 3.80. The number of rotatable bonds is 5. The van der Waals surface area contributed by atoms with Gasteiger partial charge in [-0.05, 0) is 42.3 Å². The summed E-state index contributed by atoms with van der Waals surface area (Å²) in [5.41, 5.74) is 3.27. The van der Waals surface area contributed by atoms with Crippen LogP contribution in [0.15, 0.2) is 72.7 Å². The molecule has 2 aromatic carbocycles. The molecule has 0 unspecified atom stereocenters. The number of nitrogens with one attached hydrogen (secondary N) is 1. The molecule has 1 aliphatic rings. The zero-order valence-electron chi connectivity index (χ0n) is 16.0. The number of anilines is 1. The van der Waals surface area contributed by atoms with Gasteiger partial charge in [-0.2, -0.15) is 0 Å². The second kappa shape index (κ2) is 8.30. The van der Waals surface area contributed by atoms with Gasteiger partial charge in [-0.1, -0.05) is 53.5 Å². The van der Waals surface area contributed by atoms with Crippen LogP contribution in [-0.2, 0) is 16.1 Å². The molecule has 0 saturated heterocycles. The molecule has 2 amide bonds. The van der Waals surface area contributed by atoms with E-state index in [9.17, 15) is 9.59 Å². The van der Waals surface area contributed by atoms with E-state index in [2.05, 4.69) is 10.3 Å². The summed E-state index contributed by atoms with van der Waals surface area (Å²) in [5, 5.41) is 3.90. The summed E-state index contributed by atoms with van der Waals surface area (Å²) in [6.07, 6.45) is 3.27. The minimum atomic E-state index is -0.427.